The van der Waals surface area contributed by atoms with Crippen molar-refractivity contribution in [2.45, 2.75) is 39.7 Å². The number of carbonyl (C=O) groups is 2. The first kappa shape index (κ1) is 19.4. The molecule has 0 saturated carbocycles. The van der Waals surface area contributed by atoms with Crippen LogP contribution in [0.4, 0.5) is 4.79 Å². The number of nitrogens with zero attached hydrogens (tertiary/aromatic N) is 2. The third-order valence-electron chi connectivity index (χ3n) is 4.81. The van der Waals surface area contributed by atoms with Gasteiger partial charge in [0.05, 0.1) is 17.7 Å². The van der Waals surface area contributed by atoms with Crippen LogP contribution in [0.1, 0.15) is 41.3 Å². The molecule has 1 N–H and O–H groups in total. The van der Waals surface area contributed by atoms with Crippen LogP contribution in [-0.2, 0) is 4.74 Å². The van der Waals surface area contributed by atoms with Gasteiger partial charge < -0.3 is 15.0 Å². The predicted molar refractivity (Wildman–Crippen MR) is 105 cm³/mol. The van der Waals surface area contributed by atoms with Gasteiger partial charge in [-0.2, -0.15) is 0 Å². The first-order chi connectivity index (χ1) is 12.9. The van der Waals surface area contributed by atoms with Crippen molar-refractivity contribution in [2.75, 3.05) is 19.7 Å². The predicted octanol–water partition coefficient (Wildman–Crippen LogP) is 3.86. The number of rotatable bonds is 3. The lowest BCUT2D eigenvalue weighted by molar-refractivity contribution is 0.0860. The summed E-state index contributed by atoms with van der Waals surface area (Å²) in [6.45, 7) is 7.27. The van der Waals surface area contributed by atoms with Gasteiger partial charge in [-0.15, -0.1) is 0 Å². The molecule has 3 rings (SSSR count). The highest BCUT2D eigenvalue weighted by Crippen LogP contribution is 2.25. The quantitative estimate of drug-likeness (QED) is 0.809. The summed E-state index contributed by atoms with van der Waals surface area (Å²) < 4.78 is 5.02. The second-order valence-corrected chi connectivity index (χ2v) is 7.27. The molecule has 144 valence electrons. The second kappa shape index (κ2) is 8.13. The highest BCUT2D eigenvalue weighted by Gasteiger charge is 2.25. The number of benzene rings is 1. The zero-order chi connectivity index (χ0) is 19.6. The average molecular weight is 390 g/mol. The molecular weight excluding hydrogens is 366 g/mol. The summed E-state index contributed by atoms with van der Waals surface area (Å²) in [7, 11) is 0. The van der Waals surface area contributed by atoms with Gasteiger partial charge in [-0.3, -0.25) is 4.79 Å². The number of fused-ring (bicyclic) bond motifs is 1. The van der Waals surface area contributed by atoms with E-state index < -0.39 is 0 Å². The molecular formula is C20H24ClN3O3. The Morgan fingerprint density at radius 2 is 1.96 bits per heavy atom. The van der Waals surface area contributed by atoms with Crippen molar-refractivity contribution in [1.82, 2.24) is 15.2 Å². The van der Waals surface area contributed by atoms with Crippen LogP contribution in [0.5, 0.6) is 0 Å². The number of hydrogen-bond acceptors (Lipinski definition) is 4. The Hall–Kier alpha value is -2.34. The smallest absolute Gasteiger partial charge is 0.409 e. The van der Waals surface area contributed by atoms with Gasteiger partial charge in [-0.25, -0.2) is 9.78 Å². The Morgan fingerprint density at radius 1 is 1.26 bits per heavy atom. The Bertz CT molecular complexity index is 876. The molecule has 27 heavy (non-hydrogen) atoms. The van der Waals surface area contributed by atoms with Crippen molar-refractivity contribution >= 4 is 34.5 Å². The molecule has 2 aromatic rings. The number of hydrogen-bond donors (Lipinski definition) is 1. The Balaban J connectivity index is 1.70. The number of pyridine rings is 1. The molecule has 1 aliphatic heterocycles. The van der Waals surface area contributed by atoms with Crippen LogP contribution in [0.25, 0.3) is 10.9 Å². The van der Waals surface area contributed by atoms with Gasteiger partial charge >= 0.3 is 6.09 Å². The van der Waals surface area contributed by atoms with E-state index in [1.54, 1.807) is 17.9 Å². The number of likely N-dealkylation sites (tertiary alicyclic amines) is 1. The van der Waals surface area contributed by atoms with E-state index in [2.05, 4.69) is 10.3 Å². The molecule has 2 amide bonds. The maximum absolute atomic E-state index is 12.7. The number of halogens is 1. The summed E-state index contributed by atoms with van der Waals surface area (Å²) in [5.74, 6) is -0.233. The highest BCUT2D eigenvalue weighted by molar-refractivity contribution is 6.33. The van der Waals surface area contributed by atoms with Crippen molar-refractivity contribution in [3.63, 3.8) is 0 Å². The lowest BCUT2D eigenvalue weighted by Crippen LogP contribution is -2.46. The fourth-order valence-corrected chi connectivity index (χ4v) is 3.70. The summed E-state index contributed by atoms with van der Waals surface area (Å²) in [5, 5.41) is 4.13. The maximum Gasteiger partial charge on any atom is 0.409 e. The van der Waals surface area contributed by atoms with Crippen LogP contribution in [0.3, 0.4) is 0 Å². The molecule has 1 aromatic carbocycles. The number of aryl methyl sites for hydroxylation is 2. The lowest BCUT2D eigenvalue weighted by Gasteiger charge is -2.31. The minimum Gasteiger partial charge on any atom is -0.450 e. The molecule has 0 atom stereocenters. The molecule has 0 unspecified atom stereocenters. The topological polar surface area (TPSA) is 71.5 Å². The molecule has 7 heteroatoms. The van der Waals surface area contributed by atoms with Gasteiger partial charge in [-0.1, -0.05) is 23.2 Å². The number of nitrogens with one attached hydrogen (secondary N) is 1. The number of piperidine rings is 1. The zero-order valence-electron chi connectivity index (χ0n) is 15.8. The fourth-order valence-electron chi connectivity index (χ4n) is 3.47. The number of ether oxygens (including phenoxy) is 1. The standard InChI is InChI=1S/C20H24ClN3O3/c1-4-27-20(26)24-7-5-15(6-8-24)22-19(25)16-11-14-10-12(2)9-13(3)17(14)23-18(16)21/h9-11,15H,4-8H2,1-3H3,(H,22,25). The molecule has 0 bridgehead atoms. The number of amides is 2. The van der Waals surface area contributed by atoms with Crippen LogP contribution < -0.4 is 5.32 Å². The average Bonchev–Trinajstić information content (AvgIpc) is 2.62. The van der Waals surface area contributed by atoms with Crippen LogP contribution in [0.15, 0.2) is 18.2 Å². The number of carbonyl (C=O) groups excluding carboxylic acids is 2. The third kappa shape index (κ3) is 4.33. The third-order valence-corrected chi connectivity index (χ3v) is 5.10. The van der Waals surface area contributed by atoms with Crippen molar-refractivity contribution in [3.05, 3.63) is 40.0 Å². The van der Waals surface area contributed by atoms with E-state index in [9.17, 15) is 9.59 Å². The van der Waals surface area contributed by atoms with Crippen LogP contribution in [-0.4, -0.2) is 47.6 Å². The maximum atomic E-state index is 12.7. The molecule has 0 spiro atoms. The number of aromatic nitrogens is 1. The normalized spacial score (nSPS) is 15.0. The molecule has 2 heterocycles. The summed E-state index contributed by atoms with van der Waals surface area (Å²) in [6, 6.07) is 5.84. The lowest BCUT2D eigenvalue weighted by atomic mass is 10.0. The molecule has 1 saturated heterocycles. The summed E-state index contributed by atoms with van der Waals surface area (Å²) in [4.78, 5) is 30.6. The van der Waals surface area contributed by atoms with E-state index in [1.807, 2.05) is 26.0 Å². The van der Waals surface area contributed by atoms with Gasteiger partial charge in [0.2, 0.25) is 0 Å². The van der Waals surface area contributed by atoms with Crippen molar-refractivity contribution < 1.29 is 14.3 Å². The second-order valence-electron chi connectivity index (χ2n) is 6.91. The van der Waals surface area contributed by atoms with Crippen molar-refractivity contribution in [3.8, 4) is 0 Å². The van der Waals surface area contributed by atoms with Crippen molar-refractivity contribution in [2.24, 2.45) is 0 Å². The molecule has 1 fully saturated rings. The molecule has 6 nitrogen and oxygen atoms in total. The highest BCUT2D eigenvalue weighted by atomic mass is 35.5. The van der Waals surface area contributed by atoms with Gasteiger partial charge in [0, 0.05) is 24.5 Å². The minimum atomic E-state index is -0.296. The summed E-state index contributed by atoms with van der Waals surface area (Å²) in [5.41, 5.74) is 3.33. The largest absolute Gasteiger partial charge is 0.450 e. The van der Waals surface area contributed by atoms with Gasteiger partial charge in [0.25, 0.3) is 5.91 Å². The Kier molecular flexibility index (Phi) is 5.85. The van der Waals surface area contributed by atoms with Crippen LogP contribution in [0.2, 0.25) is 5.15 Å². The zero-order valence-corrected chi connectivity index (χ0v) is 16.6. The van der Waals surface area contributed by atoms with E-state index in [-0.39, 0.29) is 23.2 Å². The Labute approximate surface area is 163 Å². The molecule has 0 aliphatic carbocycles. The first-order valence-corrected chi connectivity index (χ1v) is 9.57. The monoisotopic (exact) mass is 389 g/mol. The molecule has 1 aromatic heterocycles. The summed E-state index contributed by atoms with van der Waals surface area (Å²) in [6.07, 6.45) is 1.07. The van der Waals surface area contributed by atoms with Crippen molar-refractivity contribution in [1.29, 1.82) is 0 Å². The fraction of sp³-hybridized carbons (Fsp3) is 0.450. The molecule has 0 radical (unpaired) electrons. The SMILES string of the molecule is CCOC(=O)N1CCC(NC(=O)c2cc3cc(C)cc(C)c3nc2Cl)CC1. The van der Waals surface area contributed by atoms with Gasteiger partial charge in [0.15, 0.2) is 0 Å². The minimum absolute atomic E-state index is 0.00538. The van der Waals surface area contributed by atoms with Crippen LogP contribution >= 0.6 is 11.6 Å². The van der Waals surface area contributed by atoms with E-state index in [4.69, 9.17) is 16.3 Å². The van der Waals surface area contributed by atoms with Gasteiger partial charge in [-0.05, 0) is 51.3 Å². The van der Waals surface area contributed by atoms with E-state index in [0.29, 0.717) is 38.1 Å². The van der Waals surface area contributed by atoms with E-state index in [1.165, 1.54) is 0 Å². The first-order valence-electron chi connectivity index (χ1n) is 9.19. The summed E-state index contributed by atoms with van der Waals surface area (Å²) >= 11 is 6.29. The van der Waals surface area contributed by atoms with E-state index in [0.717, 1.165) is 22.0 Å². The van der Waals surface area contributed by atoms with E-state index >= 15 is 0 Å². The molecule has 1 aliphatic rings. The Morgan fingerprint density at radius 3 is 2.63 bits per heavy atom. The van der Waals surface area contributed by atoms with Crippen LogP contribution in [0, 0.1) is 13.8 Å². The van der Waals surface area contributed by atoms with Gasteiger partial charge in [0.1, 0.15) is 5.15 Å².